The quantitative estimate of drug-likeness (QED) is 0.436. The first kappa shape index (κ1) is 16.7. The minimum atomic E-state index is 0. The average Bonchev–Trinajstić information content (AvgIpc) is 1.00. The molecule has 0 atom stereocenters. The van der Waals surface area contributed by atoms with Crippen molar-refractivity contribution < 1.29 is 20.1 Å². The third-order valence-corrected chi connectivity index (χ3v) is 0. The van der Waals surface area contributed by atoms with Crippen LogP contribution in [0.25, 0.3) is 0 Å². The van der Waals surface area contributed by atoms with Gasteiger partial charge < -0.3 is 0 Å². The van der Waals surface area contributed by atoms with Crippen molar-refractivity contribution in [2.75, 3.05) is 0 Å². The van der Waals surface area contributed by atoms with Gasteiger partial charge in [-0.15, -0.1) is 0 Å². The molecule has 0 aromatic heterocycles. The van der Waals surface area contributed by atoms with Crippen LogP contribution in [0.4, 0.5) is 0 Å². The van der Waals surface area contributed by atoms with Gasteiger partial charge in [0.1, 0.15) is 0 Å². The number of rotatable bonds is 0. The molecule has 0 rings (SSSR count). The van der Waals surface area contributed by atoms with Gasteiger partial charge in [-0.1, -0.05) is 0 Å². The molecule has 0 fully saturated rings. The summed E-state index contributed by atoms with van der Waals surface area (Å²) in [5, 5.41) is 0. The molecule has 0 bridgehead atoms. The second-order valence-corrected chi connectivity index (χ2v) is 0. The first-order valence-corrected chi connectivity index (χ1v) is 1.37. The van der Waals surface area contributed by atoms with Gasteiger partial charge in [-0.25, -0.2) is 0 Å². The van der Waals surface area contributed by atoms with Gasteiger partial charge in [0.2, 0.25) is 0 Å². The Balaban J connectivity index is -0.00000000500. The van der Waals surface area contributed by atoms with Gasteiger partial charge in [0.05, 0.1) is 0 Å². The van der Waals surface area contributed by atoms with E-state index in [1.54, 1.807) is 0 Å². The van der Waals surface area contributed by atoms with Gasteiger partial charge in [0, 0.05) is 17.1 Å². The van der Waals surface area contributed by atoms with E-state index in [0.717, 1.165) is 0 Å². The molecular weight excluding hydrogens is 407 g/mol. The van der Waals surface area contributed by atoms with Crippen LogP contribution < -0.4 is 0 Å². The maximum absolute atomic E-state index is 8.34. The van der Waals surface area contributed by atoms with Crippen molar-refractivity contribution in [1.82, 2.24) is 0 Å². The summed E-state index contributed by atoms with van der Waals surface area (Å²) >= 11 is 0.300. The molecule has 0 unspecified atom stereocenters. The van der Waals surface area contributed by atoms with Crippen molar-refractivity contribution >= 4 is 48.7 Å². The van der Waals surface area contributed by atoms with Gasteiger partial charge in [-0.2, -0.15) is 0 Å². The van der Waals surface area contributed by atoms with Crippen molar-refractivity contribution in [3.05, 3.63) is 0 Å². The normalized spacial score (nSPS) is 1.00. The molecule has 1 nitrogen and oxygen atoms in total. The van der Waals surface area contributed by atoms with E-state index < -0.39 is 0 Å². The van der Waals surface area contributed by atoms with Gasteiger partial charge in [-0.3, -0.25) is 0 Å². The zero-order valence-electron chi connectivity index (χ0n) is 1.92. The van der Waals surface area contributed by atoms with Gasteiger partial charge >= 0.3 is 51.8 Å². The Morgan fingerprint density at radius 1 is 1.25 bits per heavy atom. The summed E-state index contributed by atoms with van der Waals surface area (Å²) in [6, 6.07) is 0. The Morgan fingerprint density at radius 2 is 1.25 bits per heavy atom. The fourth-order valence-electron chi connectivity index (χ4n) is 0. The molecule has 0 aliphatic heterocycles. The van der Waals surface area contributed by atoms with Crippen LogP contribution in [-0.4, -0.2) is 48.7 Å². The second kappa shape index (κ2) is 20.0. The van der Waals surface area contributed by atoms with Crippen LogP contribution in [0.2, 0.25) is 0 Å². The average molecular weight is 410 g/mol. The van der Waals surface area contributed by atoms with Crippen molar-refractivity contribution in [3.63, 3.8) is 0 Å². The molecule has 4 heteroatoms. The van der Waals surface area contributed by atoms with Crippen LogP contribution in [0.15, 0.2) is 0 Å². The van der Waals surface area contributed by atoms with Crippen molar-refractivity contribution in [1.29, 1.82) is 0 Å². The molecule has 4 heavy (non-hydrogen) atoms. The molecule has 0 aromatic carbocycles. The van der Waals surface area contributed by atoms with Crippen molar-refractivity contribution in [2.24, 2.45) is 0 Å². The maximum atomic E-state index is 8.34. The second-order valence-electron chi connectivity index (χ2n) is 0. The Labute approximate surface area is 68.0 Å². The van der Waals surface area contributed by atoms with Crippen LogP contribution >= 0.6 is 0 Å². The fraction of sp³-hybridized carbons (Fsp3) is 0. The molecule has 0 saturated heterocycles. The monoisotopic (exact) mass is 411 g/mol. The Morgan fingerprint density at radius 3 is 1.25 bits per heavy atom. The molecule has 0 aromatic rings. The molecule has 0 amide bonds. The van der Waals surface area contributed by atoms with Crippen LogP contribution in [0.5, 0.6) is 0 Å². The first-order chi connectivity index (χ1) is 1.00. The molecule has 3 radical (unpaired) electrons. The fourth-order valence-corrected chi connectivity index (χ4v) is 0. The van der Waals surface area contributed by atoms with E-state index in [9.17, 15) is 0 Å². The number of hydrogen-bond acceptors (Lipinski definition) is 1. The molecule has 0 saturated carbocycles. The van der Waals surface area contributed by atoms with Crippen molar-refractivity contribution in [2.45, 2.75) is 0 Å². The van der Waals surface area contributed by atoms with Gasteiger partial charge in [0.25, 0.3) is 0 Å². The third kappa shape index (κ3) is 9.00. The van der Waals surface area contributed by atoms with E-state index in [2.05, 4.69) is 0 Å². The Bertz CT molecular complexity index is 8.00. The minimum absolute atomic E-state index is 0. The van der Waals surface area contributed by atoms with Crippen LogP contribution in [0.1, 0.15) is 0 Å². The zero-order chi connectivity index (χ0) is 2.00. The van der Waals surface area contributed by atoms with Crippen LogP contribution in [0.3, 0.4) is 0 Å². The Kier molecular flexibility index (Phi) is 83.3. The van der Waals surface area contributed by atoms with E-state index >= 15 is 0 Å². The predicted octanol–water partition coefficient (Wildman–Crippen LogP) is -1.69. The topological polar surface area (TPSA) is 17.1 Å². The molecule has 0 heterocycles. The van der Waals surface area contributed by atoms with E-state index in [1.807, 2.05) is 0 Å². The SMILES string of the molecule is [BiH3].[Cu].[O]=[Sn]. The van der Waals surface area contributed by atoms with E-state index in [0.29, 0.717) is 22.5 Å². The van der Waals surface area contributed by atoms with Crippen molar-refractivity contribution in [3.8, 4) is 0 Å². The van der Waals surface area contributed by atoms with Gasteiger partial charge in [0.15, 0.2) is 0 Å². The molecule has 0 aliphatic carbocycles. The third-order valence-electron chi connectivity index (χ3n) is 0. The molecule has 0 N–H and O–H groups in total. The summed E-state index contributed by atoms with van der Waals surface area (Å²) in [7, 11) is 0. The summed E-state index contributed by atoms with van der Waals surface area (Å²) in [6.07, 6.45) is 0. The number of hydrogen-bond donors (Lipinski definition) is 0. The molecule has 0 spiro atoms. The van der Waals surface area contributed by atoms with E-state index in [-0.39, 0.29) is 43.3 Å². The van der Waals surface area contributed by atoms with E-state index in [4.69, 9.17) is 3.08 Å². The van der Waals surface area contributed by atoms with Crippen LogP contribution in [-0.2, 0) is 20.1 Å². The molecule has 0 aliphatic rings. The van der Waals surface area contributed by atoms with E-state index in [1.165, 1.54) is 0 Å². The summed E-state index contributed by atoms with van der Waals surface area (Å²) in [4.78, 5) is 0. The van der Waals surface area contributed by atoms with Gasteiger partial charge in [-0.05, 0) is 0 Å². The summed E-state index contributed by atoms with van der Waals surface area (Å²) in [6.45, 7) is 0. The summed E-state index contributed by atoms with van der Waals surface area (Å²) in [5.74, 6) is 0. The first-order valence-electron chi connectivity index (χ1n) is 0.204. The Hall–Kier alpha value is 2.00. The summed E-state index contributed by atoms with van der Waals surface area (Å²) in [5.41, 5.74) is 0. The standard InChI is InChI=1S/Bi.Cu.O.Sn.3H. The zero-order valence-corrected chi connectivity index (χ0v) is 11.2. The summed E-state index contributed by atoms with van der Waals surface area (Å²) < 4.78 is 8.34. The van der Waals surface area contributed by atoms with Crippen LogP contribution in [0, 0.1) is 0 Å². The predicted molar refractivity (Wildman–Crippen MR) is 16.4 cm³/mol. The molecule has 29 valence electrons. The molecular formula is H3BiCuOSn.